The van der Waals surface area contributed by atoms with Gasteiger partial charge in [-0.25, -0.2) is 9.97 Å². The summed E-state index contributed by atoms with van der Waals surface area (Å²) in [5.41, 5.74) is 3.05. The highest BCUT2D eigenvalue weighted by atomic mass is 35.5. The fourth-order valence-electron chi connectivity index (χ4n) is 2.59. The minimum atomic E-state index is -0.181. The molecule has 5 nitrogen and oxygen atoms in total. The number of carbonyl (C=O) groups is 1. The Morgan fingerprint density at radius 2 is 1.92 bits per heavy atom. The van der Waals surface area contributed by atoms with Crippen molar-refractivity contribution in [1.82, 2.24) is 9.97 Å². The molecule has 0 aliphatic rings. The molecule has 1 amide bonds. The number of halogens is 1. The van der Waals surface area contributed by atoms with Gasteiger partial charge >= 0.3 is 0 Å². The number of hydrogen-bond acceptors (Lipinski definition) is 4. The third-order valence-electron chi connectivity index (χ3n) is 3.84. The number of nitrogens with one attached hydrogen (secondary N) is 1. The summed E-state index contributed by atoms with van der Waals surface area (Å²) in [7, 11) is 0. The predicted molar refractivity (Wildman–Crippen MR) is 105 cm³/mol. The highest BCUT2D eigenvalue weighted by Gasteiger charge is 2.18. The molecule has 0 saturated heterocycles. The minimum absolute atomic E-state index is 0.181. The molecule has 0 radical (unpaired) electrons. The Morgan fingerprint density at radius 1 is 1.12 bits per heavy atom. The molecular weight excluding hydrogens is 348 g/mol. The quantitative estimate of drug-likeness (QED) is 0.701. The van der Waals surface area contributed by atoms with Gasteiger partial charge in [0, 0.05) is 22.9 Å². The van der Waals surface area contributed by atoms with Crippen molar-refractivity contribution in [3.63, 3.8) is 0 Å². The monoisotopic (exact) mass is 366 g/mol. The smallest absolute Gasteiger partial charge is 0.278 e. The summed E-state index contributed by atoms with van der Waals surface area (Å²) in [6.45, 7) is 4.48. The zero-order chi connectivity index (χ0) is 18.5. The highest BCUT2D eigenvalue weighted by Crippen LogP contribution is 2.20. The van der Waals surface area contributed by atoms with Crippen LogP contribution in [0.15, 0.2) is 60.9 Å². The predicted octanol–water partition coefficient (Wildman–Crippen LogP) is 4.85. The van der Waals surface area contributed by atoms with E-state index in [1.165, 1.54) is 12.4 Å². The van der Waals surface area contributed by atoms with Crippen molar-refractivity contribution in [2.45, 2.75) is 13.8 Å². The largest absolute Gasteiger partial charge is 0.339 e. The molecule has 0 atom stereocenters. The maximum absolute atomic E-state index is 12.8. The Morgan fingerprint density at radius 3 is 2.58 bits per heavy atom. The molecule has 1 N–H and O–H groups in total. The Kier molecular flexibility index (Phi) is 5.49. The van der Waals surface area contributed by atoms with Gasteiger partial charge in [-0.1, -0.05) is 29.8 Å². The van der Waals surface area contributed by atoms with E-state index >= 15 is 0 Å². The van der Waals surface area contributed by atoms with E-state index in [9.17, 15) is 4.79 Å². The molecule has 0 aliphatic carbocycles. The van der Waals surface area contributed by atoms with Crippen molar-refractivity contribution in [2.24, 2.45) is 0 Å². The molecule has 0 saturated carbocycles. The van der Waals surface area contributed by atoms with Gasteiger partial charge in [-0.05, 0) is 49.7 Å². The number of hydrogen-bond donors (Lipinski definition) is 1. The van der Waals surface area contributed by atoms with Crippen LogP contribution in [-0.2, 0) is 0 Å². The second-order valence-corrected chi connectivity index (χ2v) is 6.25. The van der Waals surface area contributed by atoms with E-state index in [1.54, 1.807) is 17.0 Å². The molecular formula is C20H19ClN4O. The summed E-state index contributed by atoms with van der Waals surface area (Å²) in [6.07, 6.45) is 3.02. The number of anilines is 3. The van der Waals surface area contributed by atoms with Gasteiger partial charge in [0.1, 0.15) is 11.5 Å². The standard InChI is InChI=1S/C20H19ClN4O/c1-3-25(17-9-4-6-14(2)10-17)20(26)18-12-23-19(13-22-18)24-16-8-5-7-15(21)11-16/h4-13H,3H2,1-2H3,(H,23,24). The summed E-state index contributed by atoms with van der Waals surface area (Å²) in [5.74, 6) is 0.363. The first kappa shape index (κ1) is 17.9. The molecule has 0 aliphatic heterocycles. The van der Waals surface area contributed by atoms with Crippen molar-refractivity contribution >= 4 is 34.7 Å². The molecule has 26 heavy (non-hydrogen) atoms. The molecule has 1 heterocycles. The van der Waals surface area contributed by atoms with E-state index in [0.29, 0.717) is 23.1 Å². The first-order chi connectivity index (χ1) is 12.6. The number of amides is 1. The second-order valence-electron chi connectivity index (χ2n) is 5.81. The maximum Gasteiger partial charge on any atom is 0.278 e. The van der Waals surface area contributed by atoms with Gasteiger partial charge in [-0.2, -0.15) is 0 Å². The minimum Gasteiger partial charge on any atom is -0.339 e. The zero-order valence-electron chi connectivity index (χ0n) is 14.6. The molecule has 0 unspecified atom stereocenters. The van der Waals surface area contributed by atoms with Crippen LogP contribution < -0.4 is 10.2 Å². The lowest BCUT2D eigenvalue weighted by atomic mass is 10.2. The van der Waals surface area contributed by atoms with Crippen molar-refractivity contribution in [1.29, 1.82) is 0 Å². The van der Waals surface area contributed by atoms with Crippen molar-refractivity contribution in [3.05, 3.63) is 77.2 Å². The van der Waals surface area contributed by atoms with E-state index in [0.717, 1.165) is 16.9 Å². The summed E-state index contributed by atoms with van der Waals surface area (Å²) in [4.78, 5) is 23.0. The van der Waals surface area contributed by atoms with Crippen LogP contribution >= 0.6 is 11.6 Å². The van der Waals surface area contributed by atoms with Crippen LogP contribution in [0.5, 0.6) is 0 Å². The lowest BCUT2D eigenvalue weighted by Crippen LogP contribution is -2.31. The van der Waals surface area contributed by atoms with Gasteiger partial charge in [0.15, 0.2) is 0 Å². The molecule has 132 valence electrons. The van der Waals surface area contributed by atoms with Gasteiger partial charge in [0.25, 0.3) is 5.91 Å². The normalized spacial score (nSPS) is 10.4. The van der Waals surface area contributed by atoms with Crippen LogP contribution in [0, 0.1) is 6.92 Å². The maximum atomic E-state index is 12.8. The first-order valence-corrected chi connectivity index (χ1v) is 8.68. The summed E-state index contributed by atoms with van der Waals surface area (Å²) in [6, 6.07) is 15.1. The number of aryl methyl sites for hydroxylation is 1. The van der Waals surface area contributed by atoms with Crippen LogP contribution in [0.1, 0.15) is 23.0 Å². The van der Waals surface area contributed by atoms with Gasteiger partial charge < -0.3 is 10.2 Å². The zero-order valence-corrected chi connectivity index (χ0v) is 15.4. The highest BCUT2D eigenvalue weighted by molar-refractivity contribution is 6.30. The van der Waals surface area contributed by atoms with Gasteiger partial charge in [0.2, 0.25) is 0 Å². The molecule has 2 aromatic carbocycles. The Bertz CT molecular complexity index is 912. The van der Waals surface area contributed by atoms with Crippen molar-refractivity contribution in [2.75, 3.05) is 16.8 Å². The fraction of sp³-hybridized carbons (Fsp3) is 0.150. The number of benzene rings is 2. The van der Waals surface area contributed by atoms with E-state index < -0.39 is 0 Å². The Balaban J connectivity index is 1.77. The molecule has 0 bridgehead atoms. The third-order valence-corrected chi connectivity index (χ3v) is 4.08. The topological polar surface area (TPSA) is 58.1 Å². The van der Waals surface area contributed by atoms with E-state index in [2.05, 4.69) is 15.3 Å². The number of nitrogens with zero attached hydrogens (tertiary/aromatic N) is 3. The number of aromatic nitrogens is 2. The average Bonchev–Trinajstić information content (AvgIpc) is 2.63. The second kappa shape index (κ2) is 7.97. The SMILES string of the molecule is CCN(C(=O)c1cnc(Nc2cccc(Cl)c2)cn1)c1cccc(C)c1. The summed E-state index contributed by atoms with van der Waals surface area (Å²) in [5, 5.41) is 3.74. The third kappa shape index (κ3) is 4.18. The van der Waals surface area contributed by atoms with Crippen molar-refractivity contribution in [3.8, 4) is 0 Å². The molecule has 0 fully saturated rings. The van der Waals surface area contributed by atoms with Crippen LogP contribution in [-0.4, -0.2) is 22.4 Å². The molecule has 1 aromatic heterocycles. The first-order valence-electron chi connectivity index (χ1n) is 8.30. The molecule has 3 rings (SSSR count). The van der Waals surface area contributed by atoms with Crippen LogP contribution in [0.4, 0.5) is 17.2 Å². The van der Waals surface area contributed by atoms with Crippen molar-refractivity contribution < 1.29 is 4.79 Å². The molecule has 0 spiro atoms. The lowest BCUT2D eigenvalue weighted by molar-refractivity contribution is 0.0983. The Hall–Kier alpha value is -2.92. The average molecular weight is 367 g/mol. The van der Waals surface area contributed by atoms with Crippen LogP contribution in [0.25, 0.3) is 0 Å². The van der Waals surface area contributed by atoms with E-state index in [-0.39, 0.29) is 5.91 Å². The molecule has 3 aromatic rings. The van der Waals surface area contributed by atoms with E-state index in [1.807, 2.05) is 50.2 Å². The summed E-state index contributed by atoms with van der Waals surface area (Å²) >= 11 is 5.97. The number of rotatable bonds is 5. The molecule has 6 heteroatoms. The van der Waals surface area contributed by atoms with Crippen LogP contribution in [0.3, 0.4) is 0 Å². The van der Waals surface area contributed by atoms with E-state index in [4.69, 9.17) is 11.6 Å². The number of carbonyl (C=O) groups excluding carboxylic acids is 1. The summed E-state index contributed by atoms with van der Waals surface area (Å²) < 4.78 is 0. The fourth-order valence-corrected chi connectivity index (χ4v) is 2.79. The lowest BCUT2D eigenvalue weighted by Gasteiger charge is -2.21. The van der Waals surface area contributed by atoms with Gasteiger partial charge in [-0.15, -0.1) is 0 Å². The Labute approximate surface area is 157 Å². The van der Waals surface area contributed by atoms with Crippen LogP contribution in [0.2, 0.25) is 5.02 Å². The van der Waals surface area contributed by atoms with Gasteiger partial charge in [-0.3, -0.25) is 4.79 Å². The van der Waals surface area contributed by atoms with Gasteiger partial charge in [0.05, 0.1) is 12.4 Å².